The molecule has 2 fully saturated rings. The number of piperidine rings is 1. The molecule has 2 bridgehead atoms. The molecule has 1 aliphatic heterocycles. The monoisotopic (exact) mass is 143 g/mol. The fourth-order valence-electron chi connectivity index (χ4n) is 2.45. The first-order valence-corrected chi connectivity index (χ1v) is 4.18. The molecule has 1 nitrogen and oxygen atoms in total. The Morgan fingerprint density at radius 1 is 1.20 bits per heavy atom. The molecule has 2 atom stereocenters. The van der Waals surface area contributed by atoms with Crippen molar-refractivity contribution in [2.45, 2.75) is 12.8 Å². The van der Waals surface area contributed by atoms with E-state index in [2.05, 4.69) is 5.32 Å². The van der Waals surface area contributed by atoms with Crippen molar-refractivity contribution in [1.29, 1.82) is 0 Å². The Labute approximate surface area is 61.0 Å². The van der Waals surface area contributed by atoms with Crippen molar-refractivity contribution >= 4 is 0 Å². The Kier molecular flexibility index (Phi) is 1.65. The normalized spacial score (nSPS) is 45.9. The van der Waals surface area contributed by atoms with E-state index in [0.29, 0.717) is 17.8 Å². The summed E-state index contributed by atoms with van der Waals surface area (Å²) in [5, 5.41) is 3.34. The number of hydrogen-bond donors (Lipinski definition) is 1. The van der Waals surface area contributed by atoms with E-state index in [1.54, 1.807) is 0 Å². The third kappa shape index (κ3) is 0.858. The van der Waals surface area contributed by atoms with Gasteiger partial charge in [-0.2, -0.15) is 0 Å². The van der Waals surface area contributed by atoms with Crippen molar-refractivity contribution in [2.24, 2.45) is 17.8 Å². The molecule has 2 unspecified atom stereocenters. The molecule has 2 aliphatic rings. The van der Waals surface area contributed by atoms with Crippen LogP contribution in [0.4, 0.5) is 4.39 Å². The molecule has 1 aliphatic carbocycles. The van der Waals surface area contributed by atoms with Crippen LogP contribution < -0.4 is 5.32 Å². The molecular formula is C8H14FN. The summed E-state index contributed by atoms with van der Waals surface area (Å²) in [5.74, 6) is 1.72. The number of fused-ring (bicyclic) bond motifs is 2. The average molecular weight is 143 g/mol. The van der Waals surface area contributed by atoms with Gasteiger partial charge >= 0.3 is 0 Å². The van der Waals surface area contributed by atoms with Gasteiger partial charge in [-0.3, -0.25) is 4.39 Å². The van der Waals surface area contributed by atoms with Crippen molar-refractivity contribution in [3.8, 4) is 0 Å². The minimum Gasteiger partial charge on any atom is -0.316 e. The van der Waals surface area contributed by atoms with Crippen LogP contribution in [-0.4, -0.2) is 19.8 Å². The third-order valence-electron chi connectivity index (χ3n) is 3.11. The number of rotatable bonds is 1. The second-order valence-electron chi connectivity index (χ2n) is 3.57. The van der Waals surface area contributed by atoms with Gasteiger partial charge in [-0.1, -0.05) is 0 Å². The van der Waals surface area contributed by atoms with Crippen LogP contribution in [0.5, 0.6) is 0 Å². The summed E-state index contributed by atoms with van der Waals surface area (Å²) in [7, 11) is 0. The highest BCUT2D eigenvalue weighted by atomic mass is 19.1. The molecular weight excluding hydrogens is 129 g/mol. The van der Waals surface area contributed by atoms with Gasteiger partial charge in [0.1, 0.15) is 0 Å². The summed E-state index contributed by atoms with van der Waals surface area (Å²) in [5.41, 5.74) is 0. The van der Waals surface area contributed by atoms with Crippen LogP contribution in [0, 0.1) is 17.8 Å². The van der Waals surface area contributed by atoms with E-state index in [-0.39, 0.29) is 6.67 Å². The highest BCUT2D eigenvalue weighted by Crippen LogP contribution is 2.39. The average Bonchev–Trinajstić information content (AvgIpc) is 2.19. The molecule has 0 aromatic rings. The molecule has 0 aromatic heterocycles. The van der Waals surface area contributed by atoms with Gasteiger partial charge in [0.05, 0.1) is 6.67 Å². The maximum atomic E-state index is 12.4. The molecule has 1 saturated heterocycles. The maximum absolute atomic E-state index is 12.4. The highest BCUT2D eigenvalue weighted by Gasteiger charge is 2.38. The van der Waals surface area contributed by atoms with E-state index in [4.69, 9.17) is 0 Å². The molecule has 1 N–H and O–H groups in total. The number of alkyl halides is 1. The molecule has 10 heavy (non-hydrogen) atoms. The SMILES string of the molecule is FCC1C2CCC1CNC2. The second kappa shape index (κ2) is 2.50. The molecule has 2 heteroatoms. The lowest BCUT2D eigenvalue weighted by atomic mass is 9.87. The standard InChI is InChI=1S/C8H14FN/c9-3-8-6-1-2-7(8)5-10-4-6/h6-8,10H,1-5H2. The predicted octanol–water partition coefficient (Wildman–Crippen LogP) is 1.20. The lowest BCUT2D eigenvalue weighted by Crippen LogP contribution is -2.38. The molecule has 58 valence electrons. The number of halogens is 1. The summed E-state index contributed by atoms with van der Waals surface area (Å²) in [6.07, 6.45) is 2.51. The van der Waals surface area contributed by atoms with Gasteiger partial charge in [-0.25, -0.2) is 0 Å². The zero-order chi connectivity index (χ0) is 6.97. The molecule has 2 rings (SSSR count). The van der Waals surface area contributed by atoms with E-state index in [0.717, 1.165) is 13.1 Å². The zero-order valence-corrected chi connectivity index (χ0v) is 6.15. The third-order valence-corrected chi connectivity index (χ3v) is 3.11. The van der Waals surface area contributed by atoms with Gasteiger partial charge < -0.3 is 5.32 Å². The number of hydrogen-bond acceptors (Lipinski definition) is 1. The Hall–Kier alpha value is -0.110. The fraction of sp³-hybridized carbons (Fsp3) is 1.00. The number of nitrogens with one attached hydrogen (secondary N) is 1. The van der Waals surface area contributed by atoms with Crippen molar-refractivity contribution in [3.63, 3.8) is 0 Å². The summed E-state index contributed by atoms with van der Waals surface area (Å²) >= 11 is 0. The van der Waals surface area contributed by atoms with Crippen LogP contribution >= 0.6 is 0 Å². The lowest BCUT2D eigenvalue weighted by molar-refractivity contribution is 0.197. The van der Waals surface area contributed by atoms with E-state index in [1.807, 2.05) is 0 Å². The van der Waals surface area contributed by atoms with Crippen LogP contribution in [-0.2, 0) is 0 Å². The van der Waals surface area contributed by atoms with Gasteiger partial charge in [-0.15, -0.1) is 0 Å². The molecule has 0 aromatic carbocycles. The smallest absolute Gasteiger partial charge is 0.0928 e. The second-order valence-corrected chi connectivity index (χ2v) is 3.57. The minimum atomic E-state index is -0.0863. The fourth-order valence-corrected chi connectivity index (χ4v) is 2.45. The Balaban J connectivity index is 2.06. The van der Waals surface area contributed by atoms with Crippen LogP contribution in [0.15, 0.2) is 0 Å². The van der Waals surface area contributed by atoms with Crippen molar-refractivity contribution < 1.29 is 4.39 Å². The largest absolute Gasteiger partial charge is 0.316 e. The minimum absolute atomic E-state index is 0.0863. The van der Waals surface area contributed by atoms with E-state index >= 15 is 0 Å². The van der Waals surface area contributed by atoms with Gasteiger partial charge in [0, 0.05) is 0 Å². The molecule has 1 saturated carbocycles. The van der Waals surface area contributed by atoms with Crippen LogP contribution in [0.25, 0.3) is 0 Å². The maximum Gasteiger partial charge on any atom is 0.0928 e. The zero-order valence-electron chi connectivity index (χ0n) is 6.15. The Morgan fingerprint density at radius 2 is 1.80 bits per heavy atom. The van der Waals surface area contributed by atoms with E-state index in [1.165, 1.54) is 12.8 Å². The Morgan fingerprint density at radius 3 is 2.20 bits per heavy atom. The van der Waals surface area contributed by atoms with Crippen molar-refractivity contribution in [1.82, 2.24) is 5.32 Å². The summed E-state index contributed by atoms with van der Waals surface area (Å²) in [4.78, 5) is 0. The summed E-state index contributed by atoms with van der Waals surface area (Å²) in [6.45, 7) is 2.03. The van der Waals surface area contributed by atoms with Crippen molar-refractivity contribution in [3.05, 3.63) is 0 Å². The molecule has 0 radical (unpaired) electrons. The summed E-state index contributed by atoms with van der Waals surface area (Å²) < 4.78 is 12.4. The van der Waals surface area contributed by atoms with Crippen LogP contribution in [0.2, 0.25) is 0 Å². The first-order valence-electron chi connectivity index (χ1n) is 4.18. The Bertz CT molecular complexity index is 110. The molecule has 0 amide bonds. The van der Waals surface area contributed by atoms with Gasteiger partial charge in [-0.05, 0) is 43.7 Å². The molecule has 1 heterocycles. The van der Waals surface area contributed by atoms with Gasteiger partial charge in [0.2, 0.25) is 0 Å². The first kappa shape index (κ1) is 6.59. The predicted molar refractivity (Wildman–Crippen MR) is 38.5 cm³/mol. The molecule has 0 spiro atoms. The van der Waals surface area contributed by atoms with Crippen LogP contribution in [0.3, 0.4) is 0 Å². The van der Waals surface area contributed by atoms with E-state index in [9.17, 15) is 4.39 Å². The van der Waals surface area contributed by atoms with Crippen LogP contribution in [0.1, 0.15) is 12.8 Å². The summed E-state index contributed by atoms with van der Waals surface area (Å²) in [6, 6.07) is 0. The lowest BCUT2D eigenvalue weighted by Gasteiger charge is -2.28. The topological polar surface area (TPSA) is 12.0 Å². The highest BCUT2D eigenvalue weighted by molar-refractivity contribution is 4.90. The van der Waals surface area contributed by atoms with Gasteiger partial charge in [0.25, 0.3) is 0 Å². The quantitative estimate of drug-likeness (QED) is 0.581. The van der Waals surface area contributed by atoms with Gasteiger partial charge in [0.15, 0.2) is 0 Å². The van der Waals surface area contributed by atoms with Crippen molar-refractivity contribution in [2.75, 3.05) is 19.8 Å². The first-order chi connectivity index (χ1) is 4.92. The van der Waals surface area contributed by atoms with E-state index < -0.39 is 0 Å².